The van der Waals surface area contributed by atoms with Gasteiger partial charge in [-0.05, 0) is 30.2 Å². The smallest absolute Gasteiger partial charge is 0.203 e. The largest absolute Gasteiger partial charge is 0.493 e. The van der Waals surface area contributed by atoms with Crippen LogP contribution in [0.15, 0.2) is 18.2 Å². The predicted molar refractivity (Wildman–Crippen MR) is 96.6 cm³/mol. The molecule has 2 N–H and O–H groups in total. The third-order valence-electron chi connectivity index (χ3n) is 4.54. The molecule has 0 radical (unpaired) electrons. The zero-order chi connectivity index (χ0) is 18.7. The van der Waals surface area contributed by atoms with E-state index in [4.69, 9.17) is 24.7 Å². The standard InChI is InChI=1S/C19H21N3O4/c1-23-16-5-4-12(17(24-2)18(16)25-3)15-8-13(11-6-7-26-10-11)14(9-20)19(21)22-15/h4-5,8,11H,6-7,10H2,1-3H3,(H2,21,22). The summed E-state index contributed by atoms with van der Waals surface area (Å²) >= 11 is 0. The minimum absolute atomic E-state index is 0.125. The molecule has 2 heterocycles. The van der Waals surface area contributed by atoms with E-state index in [0.717, 1.165) is 12.0 Å². The Morgan fingerprint density at radius 1 is 1.19 bits per heavy atom. The summed E-state index contributed by atoms with van der Waals surface area (Å²) in [6, 6.07) is 7.68. The molecule has 0 spiro atoms. The Bertz CT molecular complexity index is 855. The van der Waals surface area contributed by atoms with Crippen molar-refractivity contribution >= 4 is 5.82 Å². The van der Waals surface area contributed by atoms with Gasteiger partial charge in [-0.1, -0.05) is 0 Å². The zero-order valence-corrected chi connectivity index (χ0v) is 15.0. The number of methoxy groups -OCH3 is 3. The molecule has 0 saturated carbocycles. The van der Waals surface area contributed by atoms with Gasteiger partial charge in [-0.3, -0.25) is 0 Å². The fourth-order valence-corrected chi connectivity index (χ4v) is 3.25. The Morgan fingerprint density at radius 2 is 1.96 bits per heavy atom. The number of hydrogen-bond donors (Lipinski definition) is 1. The molecule has 7 nitrogen and oxygen atoms in total. The van der Waals surface area contributed by atoms with E-state index in [1.54, 1.807) is 27.4 Å². The second-order valence-corrected chi connectivity index (χ2v) is 5.91. The molecule has 2 aromatic rings. The lowest BCUT2D eigenvalue weighted by Gasteiger charge is -2.18. The highest BCUT2D eigenvalue weighted by molar-refractivity contribution is 5.76. The van der Waals surface area contributed by atoms with E-state index in [1.807, 2.05) is 12.1 Å². The van der Waals surface area contributed by atoms with Gasteiger partial charge < -0.3 is 24.7 Å². The van der Waals surface area contributed by atoms with Crippen molar-refractivity contribution in [1.82, 2.24) is 4.98 Å². The molecule has 1 saturated heterocycles. The van der Waals surface area contributed by atoms with Crippen molar-refractivity contribution in [1.29, 1.82) is 5.26 Å². The van der Waals surface area contributed by atoms with Crippen molar-refractivity contribution in [3.63, 3.8) is 0 Å². The highest BCUT2D eigenvalue weighted by atomic mass is 16.5. The van der Waals surface area contributed by atoms with Crippen LogP contribution in [0, 0.1) is 11.3 Å². The van der Waals surface area contributed by atoms with Crippen LogP contribution < -0.4 is 19.9 Å². The molecule has 1 atom stereocenters. The fraction of sp³-hybridized carbons (Fsp3) is 0.368. The van der Waals surface area contributed by atoms with Crippen molar-refractivity contribution in [2.75, 3.05) is 40.3 Å². The first kappa shape index (κ1) is 17.8. The number of ether oxygens (including phenoxy) is 4. The van der Waals surface area contributed by atoms with Crippen LogP contribution >= 0.6 is 0 Å². The summed E-state index contributed by atoms with van der Waals surface area (Å²) < 4.78 is 21.8. The highest BCUT2D eigenvalue weighted by Crippen LogP contribution is 2.44. The van der Waals surface area contributed by atoms with Crippen molar-refractivity contribution in [2.24, 2.45) is 0 Å². The molecule has 7 heteroatoms. The number of nitrogens with two attached hydrogens (primary N) is 1. The fourth-order valence-electron chi connectivity index (χ4n) is 3.25. The second-order valence-electron chi connectivity index (χ2n) is 5.91. The first-order valence-electron chi connectivity index (χ1n) is 8.22. The molecule has 1 unspecified atom stereocenters. The van der Waals surface area contributed by atoms with Crippen LogP contribution in [0.3, 0.4) is 0 Å². The highest BCUT2D eigenvalue weighted by Gasteiger charge is 2.25. The predicted octanol–water partition coefficient (Wildman–Crippen LogP) is 2.73. The van der Waals surface area contributed by atoms with E-state index in [2.05, 4.69) is 11.1 Å². The summed E-state index contributed by atoms with van der Waals surface area (Å²) in [6.07, 6.45) is 0.848. The molecule has 1 aromatic carbocycles. The summed E-state index contributed by atoms with van der Waals surface area (Å²) in [6.45, 7) is 1.24. The quantitative estimate of drug-likeness (QED) is 0.880. The van der Waals surface area contributed by atoms with Crippen molar-refractivity contribution in [3.8, 4) is 34.6 Å². The number of aromatic nitrogens is 1. The van der Waals surface area contributed by atoms with Gasteiger partial charge in [-0.2, -0.15) is 5.26 Å². The van der Waals surface area contributed by atoms with E-state index in [-0.39, 0.29) is 11.7 Å². The zero-order valence-electron chi connectivity index (χ0n) is 15.0. The Hall–Kier alpha value is -2.98. The number of rotatable bonds is 5. The third-order valence-corrected chi connectivity index (χ3v) is 4.54. The molecule has 0 bridgehead atoms. The number of anilines is 1. The number of nitrogen functional groups attached to an aromatic ring is 1. The average Bonchev–Trinajstić information content (AvgIpc) is 3.20. The first-order valence-corrected chi connectivity index (χ1v) is 8.22. The monoisotopic (exact) mass is 355 g/mol. The summed E-state index contributed by atoms with van der Waals surface area (Å²) in [4.78, 5) is 4.42. The molecule has 26 heavy (non-hydrogen) atoms. The van der Waals surface area contributed by atoms with E-state index >= 15 is 0 Å². The summed E-state index contributed by atoms with van der Waals surface area (Å²) in [5, 5.41) is 9.50. The van der Waals surface area contributed by atoms with Gasteiger partial charge in [0.2, 0.25) is 5.75 Å². The van der Waals surface area contributed by atoms with Gasteiger partial charge in [0.25, 0.3) is 0 Å². The molecule has 0 aliphatic carbocycles. The van der Waals surface area contributed by atoms with Crippen LogP contribution in [0.2, 0.25) is 0 Å². The molecule has 1 aliphatic heterocycles. The topological polar surface area (TPSA) is 99.6 Å². The maximum Gasteiger partial charge on any atom is 0.203 e. The van der Waals surface area contributed by atoms with Crippen molar-refractivity contribution < 1.29 is 18.9 Å². The number of nitriles is 1. The van der Waals surface area contributed by atoms with Gasteiger partial charge in [0.1, 0.15) is 11.9 Å². The summed E-state index contributed by atoms with van der Waals surface area (Å²) in [5.41, 5.74) is 8.66. The lowest BCUT2D eigenvalue weighted by molar-refractivity contribution is 0.194. The average molecular weight is 355 g/mol. The number of nitrogens with zero attached hydrogens (tertiary/aromatic N) is 2. The molecule has 0 amide bonds. The molecular weight excluding hydrogens is 334 g/mol. The second kappa shape index (κ2) is 7.50. The molecule has 1 aromatic heterocycles. The molecule has 1 aliphatic rings. The van der Waals surface area contributed by atoms with Crippen LogP contribution in [0.5, 0.6) is 17.2 Å². The number of pyridine rings is 1. The summed E-state index contributed by atoms with van der Waals surface area (Å²) in [5.74, 6) is 1.85. The van der Waals surface area contributed by atoms with E-state index < -0.39 is 0 Å². The van der Waals surface area contributed by atoms with E-state index in [9.17, 15) is 5.26 Å². The maximum atomic E-state index is 9.50. The van der Waals surface area contributed by atoms with Crippen molar-refractivity contribution in [2.45, 2.75) is 12.3 Å². The SMILES string of the molecule is COc1ccc(-c2cc(C3CCOC3)c(C#N)c(N)n2)c(OC)c1OC. The van der Waals surface area contributed by atoms with Crippen LogP contribution in [0.1, 0.15) is 23.5 Å². The van der Waals surface area contributed by atoms with Crippen molar-refractivity contribution in [3.05, 3.63) is 29.3 Å². The van der Waals surface area contributed by atoms with Crippen LogP contribution in [0.25, 0.3) is 11.3 Å². The number of benzene rings is 1. The van der Waals surface area contributed by atoms with Crippen LogP contribution in [-0.2, 0) is 4.74 Å². The van der Waals surface area contributed by atoms with Gasteiger partial charge in [-0.25, -0.2) is 4.98 Å². The minimum atomic E-state index is 0.125. The van der Waals surface area contributed by atoms with Gasteiger partial charge in [0.05, 0.1) is 39.2 Å². The Balaban J connectivity index is 2.20. The van der Waals surface area contributed by atoms with Crippen LogP contribution in [0.4, 0.5) is 5.82 Å². The minimum Gasteiger partial charge on any atom is -0.493 e. The normalized spacial score (nSPS) is 16.2. The Morgan fingerprint density at radius 3 is 2.54 bits per heavy atom. The van der Waals surface area contributed by atoms with Crippen LogP contribution in [-0.4, -0.2) is 39.5 Å². The first-order chi connectivity index (χ1) is 12.6. The van der Waals surface area contributed by atoms with Gasteiger partial charge in [0, 0.05) is 18.1 Å². The Labute approximate surface area is 152 Å². The van der Waals surface area contributed by atoms with Gasteiger partial charge in [0.15, 0.2) is 11.5 Å². The van der Waals surface area contributed by atoms with Gasteiger partial charge >= 0.3 is 0 Å². The summed E-state index contributed by atoms with van der Waals surface area (Å²) in [7, 11) is 4.67. The van der Waals surface area contributed by atoms with Gasteiger partial charge in [-0.15, -0.1) is 0 Å². The van der Waals surface area contributed by atoms with E-state index in [0.29, 0.717) is 47.3 Å². The lowest BCUT2D eigenvalue weighted by atomic mass is 9.92. The molecule has 3 rings (SSSR count). The molecular formula is C19H21N3O4. The molecule has 136 valence electrons. The van der Waals surface area contributed by atoms with E-state index in [1.165, 1.54) is 0 Å². The maximum absolute atomic E-state index is 9.50. The number of hydrogen-bond acceptors (Lipinski definition) is 7. The third kappa shape index (κ3) is 3.00. The molecule has 1 fully saturated rings. The Kier molecular flexibility index (Phi) is 5.14. The lowest BCUT2D eigenvalue weighted by Crippen LogP contribution is -2.07.